The number of imidazole rings is 1. The van der Waals surface area contributed by atoms with Crippen molar-refractivity contribution in [1.29, 1.82) is 0 Å². The Morgan fingerprint density at radius 1 is 1.18 bits per heavy atom. The van der Waals surface area contributed by atoms with E-state index >= 15 is 0 Å². The number of aromatic nitrogens is 6. The van der Waals surface area contributed by atoms with Crippen LogP contribution in [0.15, 0.2) is 33.3 Å². The standard InChI is InChI=1S/C18H20N6O2S2/c1-4-11-8-12-15(19-9-20-16(12)28-11)27-7-5-6-24-17(25)13-14(21-10-22(13)2)23(3)18(24)26/h8-10H,4-7H2,1-3H3. The Labute approximate surface area is 168 Å². The van der Waals surface area contributed by atoms with E-state index < -0.39 is 0 Å². The predicted molar refractivity (Wildman–Crippen MR) is 112 cm³/mol. The van der Waals surface area contributed by atoms with E-state index in [4.69, 9.17) is 0 Å². The molecule has 0 aliphatic heterocycles. The molecule has 0 amide bonds. The number of fused-ring (bicyclic) bond motifs is 2. The number of rotatable bonds is 6. The Bertz CT molecular complexity index is 1280. The van der Waals surface area contributed by atoms with E-state index in [0.717, 1.165) is 27.4 Å². The lowest BCUT2D eigenvalue weighted by atomic mass is 10.3. The molecule has 0 spiro atoms. The topological polar surface area (TPSA) is 87.6 Å². The smallest absolute Gasteiger partial charge is 0.328 e. The van der Waals surface area contributed by atoms with Gasteiger partial charge >= 0.3 is 5.69 Å². The zero-order chi connectivity index (χ0) is 19.8. The van der Waals surface area contributed by atoms with Crippen LogP contribution in [0.5, 0.6) is 0 Å². The SMILES string of the molecule is CCc1cc2c(SCCCn3c(=O)c4c(ncn4C)n(C)c3=O)ncnc2s1. The summed E-state index contributed by atoms with van der Waals surface area (Å²) in [5, 5.41) is 2.03. The van der Waals surface area contributed by atoms with E-state index in [0.29, 0.717) is 24.1 Å². The van der Waals surface area contributed by atoms with Gasteiger partial charge in [0.25, 0.3) is 5.56 Å². The van der Waals surface area contributed by atoms with Crippen molar-refractivity contribution in [2.45, 2.75) is 31.3 Å². The summed E-state index contributed by atoms with van der Waals surface area (Å²) in [4.78, 5) is 40.5. The Balaban J connectivity index is 1.52. The maximum absolute atomic E-state index is 12.7. The van der Waals surface area contributed by atoms with Crippen LogP contribution in [0.1, 0.15) is 18.2 Å². The molecule has 0 N–H and O–H groups in total. The van der Waals surface area contributed by atoms with Crippen LogP contribution in [0.25, 0.3) is 21.4 Å². The second-order valence-corrected chi connectivity index (χ2v) is 8.69. The van der Waals surface area contributed by atoms with Gasteiger partial charge < -0.3 is 4.57 Å². The highest BCUT2D eigenvalue weighted by molar-refractivity contribution is 7.99. The summed E-state index contributed by atoms with van der Waals surface area (Å²) < 4.78 is 4.37. The molecule has 4 rings (SSSR count). The monoisotopic (exact) mass is 416 g/mol. The van der Waals surface area contributed by atoms with E-state index in [1.54, 1.807) is 54.4 Å². The molecule has 0 aliphatic carbocycles. The summed E-state index contributed by atoms with van der Waals surface area (Å²) in [6.45, 7) is 2.49. The first-order chi connectivity index (χ1) is 13.5. The van der Waals surface area contributed by atoms with Gasteiger partial charge in [0.1, 0.15) is 16.2 Å². The fourth-order valence-corrected chi connectivity index (χ4v) is 5.06. The molecule has 10 heteroatoms. The molecule has 0 saturated heterocycles. The van der Waals surface area contributed by atoms with E-state index in [9.17, 15) is 9.59 Å². The number of hydrogen-bond acceptors (Lipinski definition) is 7. The average molecular weight is 417 g/mol. The van der Waals surface area contributed by atoms with Crippen molar-refractivity contribution < 1.29 is 0 Å². The van der Waals surface area contributed by atoms with Crippen molar-refractivity contribution in [3.05, 3.63) is 44.4 Å². The second-order valence-electron chi connectivity index (χ2n) is 6.49. The molecule has 0 saturated carbocycles. The highest BCUT2D eigenvalue weighted by atomic mass is 32.2. The van der Waals surface area contributed by atoms with E-state index in [1.165, 1.54) is 14.0 Å². The number of thioether (sulfide) groups is 1. The Hall–Kier alpha value is -2.46. The minimum Gasteiger partial charge on any atom is -0.328 e. The van der Waals surface area contributed by atoms with Crippen LogP contribution >= 0.6 is 23.1 Å². The largest absolute Gasteiger partial charge is 0.332 e. The van der Waals surface area contributed by atoms with Crippen LogP contribution in [-0.4, -0.2) is 34.4 Å². The molecule has 0 fully saturated rings. The molecule has 0 unspecified atom stereocenters. The van der Waals surface area contributed by atoms with E-state index in [-0.39, 0.29) is 11.2 Å². The zero-order valence-electron chi connectivity index (χ0n) is 15.9. The Morgan fingerprint density at radius 2 is 2.00 bits per heavy atom. The Kier molecular flexibility index (Phi) is 5.07. The predicted octanol–water partition coefficient (Wildman–Crippen LogP) is 2.18. The molecule has 0 bridgehead atoms. The second kappa shape index (κ2) is 7.51. The number of aryl methyl sites for hydroxylation is 3. The molecule has 146 valence electrons. The summed E-state index contributed by atoms with van der Waals surface area (Å²) in [5.74, 6) is 0.752. The molecule has 0 radical (unpaired) electrons. The van der Waals surface area contributed by atoms with Gasteiger partial charge in [0.05, 0.1) is 6.33 Å². The van der Waals surface area contributed by atoms with Crippen LogP contribution in [0.4, 0.5) is 0 Å². The Morgan fingerprint density at radius 3 is 2.79 bits per heavy atom. The summed E-state index contributed by atoms with van der Waals surface area (Å²) in [6, 6.07) is 2.15. The van der Waals surface area contributed by atoms with Crippen LogP contribution in [0.2, 0.25) is 0 Å². The minimum atomic E-state index is -0.337. The summed E-state index contributed by atoms with van der Waals surface area (Å²) in [7, 11) is 3.40. The maximum Gasteiger partial charge on any atom is 0.332 e. The highest BCUT2D eigenvalue weighted by Gasteiger charge is 2.15. The normalized spacial score (nSPS) is 11.7. The van der Waals surface area contributed by atoms with Gasteiger partial charge in [-0.1, -0.05) is 6.92 Å². The van der Waals surface area contributed by atoms with Gasteiger partial charge in [-0.25, -0.2) is 19.7 Å². The number of nitrogens with zero attached hydrogens (tertiary/aromatic N) is 6. The molecular formula is C18H20N6O2S2. The lowest BCUT2D eigenvalue weighted by Gasteiger charge is -2.08. The van der Waals surface area contributed by atoms with Crippen LogP contribution in [0, 0.1) is 0 Å². The van der Waals surface area contributed by atoms with E-state index in [1.807, 2.05) is 0 Å². The van der Waals surface area contributed by atoms with Gasteiger partial charge in [-0.05, 0) is 18.9 Å². The summed E-state index contributed by atoms with van der Waals surface area (Å²) >= 11 is 3.33. The lowest BCUT2D eigenvalue weighted by molar-refractivity contribution is 0.594. The van der Waals surface area contributed by atoms with Crippen molar-refractivity contribution in [2.75, 3.05) is 5.75 Å². The van der Waals surface area contributed by atoms with Gasteiger partial charge in [-0.15, -0.1) is 23.1 Å². The first-order valence-electron chi connectivity index (χ1n) is 8.98. The van der Waals surface area contributed by atoms with Crippen molar-refractivity contribution in [2.24, 2.45) is 14.1 Å². The third-order valence-electron chi connectivity index (χ3n) is 4.66. The van der Waals surface area contributed by atoms with Gasteiger partial charge in [0, 0.05) is 36.7 Å². The third-order valence-corrected chi connectivity index (χ3v) is 6.94. The van der Waals surface area contributed by atoms with E-state index in [2.05, 4.69) is 27.9 Å². The van der Waals surface area contributed by atoms with Crippen molar-refractivity contribution >= 4 is 44.5 Å². The van der Waals surface area contributed by atoms with Gasteiger partial charge in [0.2, 0.25) is 0 Å². The molecule has 0 atom stereocenters. The quantitative estimate of drug-likeness (QED) is 0.272. The average Bonchev–Trinajstić information content (AvgIpc) is 3.29. The minimum absolute atomic E-state index is 0.294. The van der Waals surface area contributed by atoms with Gasteiger partial charge in [0.15, 0.2) is 11.2 Å². The van der Waals surface area contributed by atoms with Crippen LogP contribution < -0.4 is 11.2 Å². The molecule has 8 nitrogen and oxygen atoms in total. The van der Waals surface area contributed by atoms with Crippen molar-refractivity contribution in [3.63, 3.8) is 0 Å². The highest BCUT2D eigenvalue weighted by Crippen LogP contribution is 2.31. The summed E-state index contributed by atoms with van der Waals surface area (Å²) in [5.41, 5.74) is 0.224. The summed E-state index contributed by atoms with van der Waals surface area (Å²) in [6.07, 6.45) is 4.81. The third kappa shape index (κ3) is 3.16. The molecule has 4 heterocycles. The van der Waals surface area contributed by atoms with Crippen LogP contribution in [-0.2, 0) is 27.1 Å². The van der Waals surface area contributed by atoms with Crippen LogP contribution in [0.3, 0.4) is 0 Å². The molecule has 0 aliphatic rings. The molecular weight excluding hydrogens is 396 g/mol. The number of thiophene rings is 1. The molecule has 4 aromatic rings. The maximum atomic E-state index is 12.7. The van der Waals surface area contributed by atoms with Crippen molar-refractivity contribution in [3.8, 4) is 0 Å². The molecule has 0 aromatic carbocycles. The fourth-order valence-electron chi connectivity index (χ4n) is 3.16. The van der Waals surface area contributed by atoms with Gasteiger partial charge in [-0.2, -0.15) is 0 Å². The first kappa shape index (κ1) is 18.9. The fraction of sp³-hybridized carbons (Fsp3) is 0.389. The number of hydrogen-bond donors (Lipinski definition) is 0. The van der Waals surface area contributed by atoms with Crippen molar-refractivity contribution in [1.82, 2.24) is 28.7 Å². The molecule has 4 aromatic heterocycles. The molecule has 28 heavy (non-hydrogen) atoms. The lowest BCUT2D eigenvalue weighted by Crippen LogP contribution is -2.39. The first-order valence-corrected chi connectivity index (χ1v) is 10.8. The zero-order valence-corrected chi connectivity index (χ0v) is 17.5. The van der Waals surface area contributed by atoms with Gasteiger partial charge in [-0.3, -0.25) is 13.9 Å².